The molecule has 7 nitrogen and oxygen atoms in total. The van der Waals surface area contributed by atoms with Gasteiger partial charge in [-0.15, -0.1) is 0 Å². The van der Waals surface area contributed by atoms with Crippen molar-refractivity contribution < 1.29 is 14.4 Å². The van der Waals surface area contributed by atoms with E-state index in [0.717, 1.165) is 19.4 Å². The molecule has 7 heteroatoms. The van der Waals surface area contributed by atoms with Crippen LogP contribution in [0.3, 0.4) is 0 Å². The summed E-state index contributed by atoms with van der Waals surface area (Å²) in [5, 5.41) is 5.30. The number of rotatable bonds is 4. The van der Waals surface area contributed by atoms with Crippen LogP contribution in [-0.4, -0.2) is 37.9 Å². The standard InChI is InChI=1S/C9H16N4O3/c14-6-11-5-8(15)12-13-9(16)7-2-1-3-10-4-7/h6-7,10H,1-5H2,(H,11,14)(H,12,15)(H,13,16). The Balaban J connectivity index is 2.18. The highest BCUT2D eigenvalue weighted by atomic mass is 16.2. The number of piperidine rings is 1. The van der Waals surface area contributed by atoms with E-state index in [1.807, 2.05) is 0 Å². The number of hydrogen-bond donors (Lipinski definition) is 4. The van der Waals surface area contributed by atoms with Crippen molar-refractivity contribution in [1.29, 1.82) is 0 Å². The molecule has 0 aliphatic carbocycles. The fraction of sp³-hybridized carbons (Fsp3) is 0.667. The van der Waals surface area contributed by atoms with Gasteiger partial charge in [0.05, 0.1) is 12.5 Å². The molecule has 3 amide bonds. The second-order valence-electron chi connectivity index (χ2n) is 3.58. The van der Waals surface area contributed by atoms with Gasteiger partial charge in [-0.1, -0.05) is 0 Å². The molecule has 0 aromatic heterocycles. The van der Waals surface area contributed by atoms with Crippen LogP contribution in [-0.2, 0) is 14.4 Å². The SMILES string of the molecule is O=CNCC(=O)NNC(=O)C1CCCNC1. The molecule has 0 aromatic carbocycles. The van der Waals surface area contributed by atoms with Crippen molar-refractivity contribution in [2.75, 3.05) is 19.6 Å². The third-order valence-electron chi connectivity index (χ3n) is 2.34. The van der Waals surface area contributed by atoms with Gasteiger partial charge in [-0.3, -0.25) is 25.2 Å². The average Bonchev–Trinajstić information content (AvgIpc) is 2.34. The van der Waals surface area contributed by atoms with Crippen LogP contribution in [0.25, 0.3) is 0 Å². The Kier molecular flexibility index (Phi) is 5.27. The third kappa shape index (κ3) is 4.26. The van der Waals surface area contributed by atoms with E-state index >= 15 is 0 Å². The van der Waals surface area contributed by atoms with Crippen LogP contribution >= 0.6 is 0 Å². The normalized spacial score (nSPS) is 19.6. The number of carbonyl (C=O) groups excluding carboxylic acids is 3. The first-order chi connectivity index (χ1) is 7.74. The van der Waals surface area contributed by atoms with Crippen LogP contribution in [0.15, 0.2) is 0 Å². The van der Waals surface area contributed by atoms with Crippen molar-refractivity contribution in [2.24, 2.45) is 5.92 Å². The fourth-order valence-corrected chi connectivity index (χ4v) is 1.49. The summed E-state index contributed by atoms with van der Waals surface area (Å²) in [6.07, 6.45) is 2.20. The molecule has 1 atom stereocenters. The maximum absolute atomic E-state index is 11.5. The number of nitrogens with one attached hydrogen (secondary N) is 4. The molecule has 1 heterocycles. The average molecular weight is 228 g/mol. The van der Waals surface area contributed by atoms with Crippen molar-refractivity contribution in [2.45, 2.75) is 12.8 Å². The maximum Gasteiger partial charge on any atom is 0.257 e. The second-order valence-corrected chi connectivity index (χ2v) is 3.58. The lowest BCUT2D eigenvalue weighted by Crippen LogP contribution is -2.49. The van der Waals surface area contributed by atoms with E-state index in [-0.39, 0.29) is 18.4 Å². The van der Waals surface area contributed by atoms with Gasteiger partial charge in [0, 0.05) is 6.54 Å². The molecule has 1 aliphatic rings. The maximum atomic E-state index is 11.5. The summed E-state index contributed by atoms with van der Waals surface area (Å²) < 4.78 is 0. The van der Waals surface area contributed by atoms with Gasteiger partial charge < -0.3 is 10.6 Å². The Morgan fingerprint density at radius 2 is 2.19 bits per heavy atom. The van der Waals surface area contributed by atoms with Gasteiger partial charge in [0.1, 0.15) is 0 Å². The molecule has 0 saturated carbocycles. The van der Waals surface area contributed by atoms with E-state index in [2.05, 4.69) is 21.5 Å². The Hall–Kier alpha value is -1.63. The molecule has 1 fully saturated rings. The summed E-state index contributed by atoms with van der Waals surface area (Å²) in [5.41, 5.74) is 4.55. The second kappa shape index (κ2) is 6.78. The summed E-state index contributed by atoms with van der Waals surface area (Å²) >= 11 is 0. The van der Waals surface area contributed by atoms with Gasteiger partial charge in [-0.2, -0.15) is 0 Å². The molecule has 4 N–H and O–H groups in total. The number of carbonyl (C=O) groups is 3. The first-order valence-electron chi connectivity index (χ1n) is 5.20. The van der Waals surface area contributed by atoms with Gasteiger partial charge in [0.15, 0.2) is 0 Å². The molecular weight excluding hydrogens is 212 g/mol. The molecule has 0 bridgehead atoms. The number of hydrazine groups is 1. The molecule has 0 spiro atoms. The lowest BCUT2D eigenvalue weighted by atomic mass is 9.99. The Morgan fingerprint density at radius 3 is 2.81 bits per heavy atom. The van der Waals surface area contributed by atoms with Crippen molar-refractivity contribution in [1.82, 2.24) is 21.5 Å². The minimum atomic E-state index is -0.454. The topological polar surface area (TPSA) is 99.3 Å². The van der Waals surface area contributed by atoms with Gasteiger partial charge in [-0.25, -0.2) is 0 Å². The van der Waals surface area contributed by atoms with Gasteiger partial charge in [0.25, 0.3) is 5.91 Å². The predicted octanol–water partition coefficient (Wildman–Crippen LogP) is -2.12. The molecule has 0 radical (unpaired) electrons. The number of amides is 3. The monoisotopic (exact) mass is 228 g/mol. The minimum absolute atomic E-state index is 0.104. The highest BCUT2D eigenvalue weighted by molar-refractivity contribution is 5.85. The summed E-state index contributed by atoms with van der Waals surface area (Å²) in [7, 11) is 0. The van der Waals surface area contributed by atoms with Crippen LogP contribution in [0.1, 0.15) is 12.8 Å². The quantitative estimate of drug-likeness (QED) is 0.326. The van der Waals surface area contributed by atoms with E-state index in [1.165, 1.54) is 0 Å². The van der Waals surface area contributed by atoms with Gasteiger partial charge in [0.2, 0.25) is 12.3 Å². The Bertz CT molecular complexity index is 263. The minimum Gasteiger partial charge on any atom is -0.350 e. The van der Waals surface area contributed by atoms with E-state index < -0.39 is 5.91 Å². The first kappa shape index (κ1) is 12.4. The molecule has 1 rings (SSSR count). The summed E-state index contributed by atoms with van der Waals surface area (Å²) in [4.78, 5) is 32.5. The van der Waals surface area contributed by atoms with Gasteiger partial charge >= 0.3 is 0 Å². The van der Waals surface area contributed by atoms with Crippen molar-refractivity contribution >= 4 is 18.2 Å². The molecule has 0 aromatic rings. The molecule has 1 unspecified atom stereocenters. The van der Waals surface area contributed by atoms with Crippen molar-refractivity contribution in [3.8, 4) is 0 Å². The van der Waals surface area contributed by atoms with Crippen LogP contribution in [0.2, 0.25) is 0 Å². The summed E-state index contributed by atoms with van der Waals surface area (Å²) in [6, 6.07) is 0. The first-order valence-corrected chi connectivity index (χ1v) is 5.20. The lowest BCUT2D eigenvalue weighted by molar-refractivity contribution is -0.131. The predicted molar refractivity (Wildman–Crippen MR) is 55.9 cm³/mol. The fourth-order valence-electron chi connectivity index (χ4n) is 1.49. The van der Waals surface area contributed by atoms with Crippen LogP contribution in [0.4, 0.5) is 0 Å². The summed E-state index contributed by atoms with van der Waals surface area (Å²) in [6.45, 7) is 1.42. The highest BCUT2D eigenvalue weighted by Crippen LogP contribution is 2.08. The van der Waals surface area contributed by atoms with Crippen molar-refractivity contribution in [3.05, 3.63) is 0 Å². The molecule has 1 saturated heterocycles. The van der Waals surface area contributed by atoms with E-state index in [9.17, 15) is 14.4 Å². The van der Waals surface area contributed by atoms with Gasteiger partial charge in [-0.05, 0) is 19.4 Å². The van der Waals surface area contributed by atoms with E-state index in [4.69, 9.17) is 0 Å². The van der Waals surface area contributed by atoms with E-state index in [1.54, 1.807) is 0 Å². The van der Waals surface area contributed by atoms with Crippen LogP contribution in [0.5, 0.6) is 0 Å². The zero-order valence-electron chi connectivity index (χ0n) is 8.91. The van der Waals surface area contributed by atoms with E-state index in [0.29, 0.717) is 13.0 Å². The largest absolute Gasteiger partial charge is 0.350 e. The number of hydrogen-bond acceptors (Lipinski definition) is 4. The van der Waals surface area contributed by atoms with Crippen molar-refractivity contribution in [3.63, 3.8) is 0 Å². The third-order valence-corrected chi connectivity index (χ3v) is 2.34. The Labute approximate surface area is 93.3 Å². The lowest BCUT2D eigenvalue weighted by Gasteiger charge is -2.21. The smallest absolute Gasteiger partial charge is 0.257 e. The highest BCUT2D eigenvalue weighted by Gasteiger charge is 2.20. The molecule has 16 heavy (non-hydrogen) atoms. The zero-order chi connectivity index (χ0) is 11.8. The Morgan fingerprint density at radius 1 is 1.38 bits per heavy atom. The van der Waals surface area contributed by atoms with Crippen LogP contribution in [0, 0.1) is 5.92 Å². The zero-order valence-corrected chi connectivity index (χ0v) is 8.91. The van der Waals surface area contributed by atoms with Crippen LogP contribution < -0.4 is 21.5 Å². The molecule has 90 valence electrons. The molecular formula is C9H16N4O3. The summed E-state index contributed by atoms with van der Waals surface area (Å²) in [5.74, 6) is -0.760. The molecule has 1 aliphatic heterocycles.